The molecule has 0 radical (unpaired) electrons. The normalized spacial score (nSPS) is 13.9. The molecule has 1 N–H and O–H groups in total. The van der Waals surface area contributed by atoms with Crippen LogP contribution in [0.1, 0.15) is 24.1 Å². The minimum atomic E-state index is 1.03. The van der Waals surface area contributed by atoms with Gasteiger partial charge in [-0.2, -0.15) is 11.8 Å². The van der Waals surface area contributed by atoms with Crippen molar-refractivity contribution < 1.29 is 0 Å². The van der Waals surface area contributed by atoms with Gasteiger partial charge in [-0.05, 0) is 49.3 Å². The Hall–Kier alpha value is -0.700. The molecule has 0 amide bonds. The number of fused-ring (bicyclic) bond motifs is 1. The first-order chi connectivity index (χ1) is 7.40. The highest BCUT2D eigenvalue weighted by Crippen LogP contribution is 2.21. The second kappa shape index (κ2) is 5.40. The third kappa shape index (κ3) is 2.88. The molecule has 1 aromatic heterocycles. The number of nitrogens with zero attached hydrogens (tertiary/aromatic N) is 1. The van der Waals surface area contributed by atoms with Gasteiger partial charge in [-0.15, -0.1) is 0 Å². The molecule has 1 heterocycles. The maximum Gasteiger partial charge on any atom is 0.126 e. The second-order valence-electron chi connectivity index (χ2n) is 3.93. The number of hydrogen-bond donors (Lipinski definition) is 1. The number of aromatic nitrogens is 1. The van der Waals surface area contributed by atoms with E-state index in [0.29, 0.717) is 0 Å². The average Bonchev–Trinajstić information content (AvgIpc) is 2.71. The summed E-state index contributed by atoms with van der Waals surface area (Å²) in [7, 11) is 0. The minimum absolute atomic E-state index is 1.03. The fraction of sp³-hybridized carbons (Fsp3) is 0.583. The monoisotopic (exact) mass is 222 g/mol. The predicted octanol–water partition coefficient (Wildman–Crippen LogP) is 2.74. The van der Waals surface area contributed by atoms with E-state index in [2.05, 4.69) is 28.7 Å². The Morgan fingerprint density at radius 1 is 1.40 bits per heavy atom. The van der Waals surface area contributed by atoms with Crippen molar-refractivity contribution in [3.8, 4) is 0 Å². The minimum Gasteiger partial charge on any atom is -0.370 e. The molecule has 1 aliphatic carbocycles. The van der Waals surface area contributed by atoms with Gasteiger partial charge in [0.2, 0.25) is 0 Å². The van der Waals surface area contributed by atoms with Gasteiger partial charge in [0.1, 0.15) is 5.82 Å². The van der Waals surface area contributed by atoms with Gasteiger partial charge in [0.25, 0.3) is 0 Å². The zero-order chi connectivity index (χ0) is 10.5. The molecule has 0 aromatic carbocycles. The zero-order valence-corrected chi connectivity index (χ0v) is 10.1. The number of anilines is 1. The predicted molar refractivity (Wildman–Crippen MR) is 67.8 cm³/mol. The van der Waals surface area contributed by atoms with Crippen LogP contribution in [-0.2, 0) is 12.8 Å². The fourth-order valence-corrected chi connectivity index (χ4v) is 2.38. The Bertz CT molecular complexity index is 325. The maximum atomic E-state index is 4.63. The van der Waals surface area contributed by atoms with Crippen LogP contribution in [0.2, 0.25) is 0 Å². The van der Waals surface area contributed by atoms with Crippen molar-refractivity contribution in [1.82, 2.24) is 4.98 Å². The Morgan fingerprint density at radius 2 is 2.33 bits per heavy atom. The van der Waals surface area contributed by atoms with E-state index < -0.39 is 0 Å². The van der Waals surface area contributed by atoms with E-state index in [0.717, 1.165) is 18.8 Å². The van der Waals surface area contributed by atoms with Gasteiger partial charge in [0.15, 0.2) is 0 Å². The molecule has 3 heteroatoms. The lowest BCUT2D eigenvalue weighted by molar-refractivity contribution is 0.898. The first-order valence-corrected chi connectivity index (χ1v) is 7.01. The van der Waals surface area contributed by atoms with E-state index >= 15 is 0 Å². The molecule has 2 nitrogen and oxygen atoms in total. The van der Waals surface area contributed by atoms with Gasteiger partial charge in [-0.25, -0.2) is 4.98 Å². The third-order valence-electron chi connectivity index (χ3n) is 2.76. The van der Waals surface area contributed by atoms with Crippen LogP contribution in [-0.4, -0.2) is 23.5 Å². The van der Waals surface area contributed by atoms with E-state index in [4.69, 9.17) is 0 Å². The summed E-state index contributed by atoms with van der Waals surface area (Å²) in [6, 6.07) is 4.34. The molecule has 1 aliphatic rings. The Balaban J connectivity index is 1.87. The second-order valence-corrected chi connectivity index (χ2v) is 4.91. The molecule has 0 saturated carbocycles. The number of aryl methyl sites for hydroxylation is 2. The molecule has 0 aliphatic heterocycles. The van der Waals surface area contributed by atoms with Crippen molar-refractivity contribution >= 4 is 17.6 Å². The molecule has 0 unspecified atom stereocenters. The number of rotatable bonds is 5. The van der Waals surface area contributed by atoms with Crippen LogP contribution in [0.5, 0.6) is 0 Å². The fourth-order valence-electron chi connectivity index (χ4n) is 1.95. The lowest BCUT2D eigenvalue weighted by Gasteiger charge is -2.06. The molecule has 0 spiro atoms. The van der Waals surface area contributed by atoms with Crippen LogP contribution in [0, 0.1) is 0 Å². The molecular formula is C12H18N2S. The third-order valence-corrected chi connectivity index (χ3v) is 3.46. The van der Waals surface area contributed by atoms with Gasteiger partial charge in [-0.1, -0.05) is 6.07 Å². The Labute approximate surface area is 95.9 Å². The van der Waals surface area contributed by atoms with Crippen molar-refractivity contribution in [2.75, 3.05) is 23.9 Å². The van der Waals surface area contributed by atoms with E-state index in [-0.39, 0.29) is 0 Å². The lowest BCUT2D eigenvalue weighted by atomic mass is 10.2. The number of hydrogen-bond acceptors (Lipinski definition) is 3. The summed E-state index contributed by atoms with van der Waals surface area (Å²) in [6.07, 6.45) is 7.01. The first kappa shape index (κ1) is 10.8. The van der Waals surface area contributed by atoms with Crippen molar-refractivity contribution in [3.63, 3.8) is 0 Å². The number of thioether (sulfide) groups is 1. The Morgan fingerprint density at radius 3 is 3.20 bits per heavy atom. The van der Waals surface area contributed by atoms with Crippen LogP contribution in [0.3, 0.4) is 0 Å². The van der Waals surface area contributed by atoms with Gasteiger partial charge in [-0.3, -0.25) is 0 Å². The summed E-state index contributed by atoms with van der Waals surface area (Å²) in [5.41, 5.74) is 2.76. The number of nitrogens with one attached hydrogen (secondary N) is 1. The zero-order valence-electron chi connectivity index (χ0n) is 9.25. The average molecular weight is 222 g/mol. The number of pyridine rings is 1. The maximum absolute atomic E-state index is 4.63. The van der Waals surface area contributed by atoms with Crippen LogP contribution in [0.4, 0.5) is 5.82 Å². The van der Waals surface area contributed by atoms with Gasteiger partial charge < -0.3 is 5.32 Å². The van der Waals surface area contributed by atoms with Crippen molar-refractivity contribution in [2.24, 2.45) is 0 Å². The summed E-state index contributed by atoms with van der Waals surface area (Å²) in [5, 5.41) is 3.38. The van der Waals surface area contributed by atoms with Crippen LogP contribution in [0.15, 0.2) is 12.1 Å². The topological polar surface area (TPSA) is 24.9 Å². The highest BCUT2D eigenvalue weighted by Gasteiger charge is 2.11. The smallest absolute Gasteiger partial charge is 0.126 e. The van der Waals surface area contributed by atoms with Crippen molar-refractivity contribution in [2.45, 2.75) is 25.7 Å². The molecule has 1 aromatic rings. The molecular weight excluding hydrogens is 204 g/mol. The van der Waals surface area contributed by atoms with Gasteiger partial charge in [0, 0.05) is 12.2 Å². The van der Waals surface area contributed by atoms with E-state index in [9.17, 15) is 0 Å². The summed E-state index contributed by atoms with van der Waals surface area (Å²) < 4.78 is 0. The van der Waals surface area contributed by atoms with E-state index in [1.807, 2.05) is 11.8 Å². The summed E-state index contributed by atoms with van der Waals surface area (Å²) >= 11 is 1.90. The summed E-state index contributed by atoms with van der Waals surface area (Å²) in [5.74, 6) is 2.27. The van der Waals surface area contributed by atoms with Crippen LogP contribution < -0.4 is 5.32 Å². The largest absolute Gasteiger partial charge is 0.370 e. The van der Waals surface area contributed by atoms with Crippen LogP contribution >= 0.6 is 11.8 Å². The quantitative estimate of drug-likeness (QED) is 0.775. The summed E-state index contributed by atoms with van der Waals surface area (Å²) in [4.78, 5) is 4.63. The molecule has 2 rings (SSSR count). The standard InChI is InChI=1S/C12H18N2S/c1-15-9-3-8-13-12-7-6-10-4-2-5-11(10)14-12/h6-7H,2-5,8-9H2,1H3,(H,13,14). The molecule has 0 atom stereocenters. The Kier molecular flexibility index (Phi) is 3.89. The van der Waals surface area contributed by atoms with Gasteiger partial charge in [0.05, 0.1) is 0 Å². The van der Waals surface area contributed by atoms with Crippen molar-refractivity contribution in [1.29, 1.82) is 0 Å². The highest BCUT2D eigenvalue weighted by molar-refractivity contribution is 7.98. The summed E-state index contributed by atoms with van der Waals surface area (Å²) in [6.45, 7) is 1.03. The van der Waals surface area contributed by atoms with E-state index in [1.165, 1.54) is 36.3 Å². The molecule has 0 fully saturated rings. The SMILES string of the molecule is CSCCCNc1ccc2c(n1)CCC2. The van der Waals surface area contributed by atoms with Crippen LogP contribution in [0.25, 0.3) is 0 Å². The highest BCUT2D eigenvalue weighted by atomic mass is 32.2. The molecule has 0 saturated heterocycles. The first-order valence-electron chi connectivity index (χ1n) is 5.62. The molecule has 15 heavy (non-hydrogen) atoms. The van der Waals surface area contributed by atoms with Crippen molar-refractivity contribution in [3.05, 3.63) is 23.4 Å². The molecule has 82 valence electrons. The molecule has 0 bridgehead atoms. The van der Waals surface area contributed by atoms with E-state index in [1.54, 1.807) is 0 Å². The van der Waals surface area contributed by atoms with Gasteiger partial charge >= 0.3 is 0 Å². The lowest BCUT2D eigenvalue weighted by Crippen LogP contribution is -2.05.